The number of rotatable bonds is 9. The molecule has 0 radical (unpaired) electrons. The van der Waals surface area contributed by atoms with Crippen LogP contribution in [0, 0.1) is 6.92 Å². The molecule has 2 amide bonds. The second-order valence-electron chi connectivity index (χ2n) is 8.04. The van der Waals surface area contributed by atoms with Crippen molar-refractivity contribution in [2.24, 2.45) is 0 Å². The SMILES string of the molecule is Cc1ccccc1CN(C(=O)CN(c1cccc(Cl)c1)S(C)(=O)=O)[C@H](C)C(=O)NC(C)C. The summed E-state index contributed by atoms with van der Waals surface area (Å²) in [6.45, 7) is 6.95. The number of carbonyl (C=O) groups is 2. The van der Waals surface area contributed by atoms with Crippen LogP contribution in [0.2, 0.25) is 5.02 Å². The van der Waals surface area contributed by atoms with E-state index in [-0.39, 0.29) is 24.2 Å². The van der Waals surface area contributed by atoms with Crippen LogP contribution in [0.15, 0.2) is 48.5 Å². The van der Waals surface area contributed by atoms with Gasteiger partial charge in [-0.2, -0.15) is 0 Å². The van der Waals surface area contributed by atoms with E-state index in [4.69, 9.17) is 11.6 Å². The molecule has 9 heteroatoms. The molecule has 0 saturated carbocycles. The summed E-state index contributed by atoms with van der Waals surface area (Å²) >= 11 is 6.03. The largest absolute Gasteiger partial charge is 0.352 e. The monoisotopic (exact) mass is 479 g/mol. The highest BCUT2D eigenvalue weighted by atomic mass is 35.5. The molecular formula is C23H30ClN3O4S. The fourth-order valence-electron chi connectivity index (χ4n) is 3.20. The van der Waals surface area contributed by atoms with Crippen molar-refractivity contribution in [3.8, 4) is 0 Å². The first-order valence-electron chi connectivity index (χ1n) is 10.3. The molecule has 2 rings (SSSR count). The van der Waals surface area contributed by atoms with Gasteiger partial charge >= 0.3 is 0 Å². The van der Waals surface area contributed by atoms with Gasteiger partial charge in [0.05, 0.1) is 11.9 Å². The van der Waals surface area contributed by atoms with E-state index in [0.717, 1.165) is 21.7 Å². The Hall–Kier alpha value is -2.58. The van der Waals surface area contributed by atoms with Gasteiger partial charge in [0, 0.05) is 17.6 Å². The standard InChI is InChI=1S/C23H30ClN3O4S/c1-16(2)25-23(29)18(4)26(14-19-10-7-6-9-17(19)3)22(28)15-27(32(5,30)31)21-12-8-11-20(24)13-21/h6-13,16,18H,14-15H2,1-5H3,(H,25,29)/t18-/m1/s1. The number of amides is 2. The first-order valence-corrected chi connectivity index (χ1v) is 12.5. The molecule has 0 spiro atoms. The highest BCUT2D eigenvalue weighted by Crippen LogP contribution is 2.23. The van der Waals surface area contributed by atoms with Gasteiger partial charge < -0.3 is 10.2 Å². The summed E-state index contributed by atoms with van der Waals surface area (Å²) in [4.78, 5) is 27.5. The zero-order valence-electron chi connectivity index (χ0n) is 19.0. The van der Waals surface area contributed by atoms with E-state index in [9.17, 15) is 18.0 Å². The molecule has 1 atom stereocenters. The van der Waals surface area contributed by atoms with Crippen LogP contribution in [-0.4, -0.2) is 50.0 Å². The molecule has 2 aromatic rings. The maximum atomic E-state index is 13.4. The minimum absolute atomic E-state index is 0.0978. The number of nitrogens with zero attached hydrogens (tertiary/aromatic N) is 2. The summed E-state index contributed by atoms with van der Waals surface area (Å²) in [6, 6.07) is 12.9. The van der Waals surface area contributed by atoms with E-state index >= 15 is 0 Å². The van der Waals surface area contributed by atoms with Gasteiger partial charge in [-0.3, -0.25) is 13.9 Å². The third-order valence-electron chi connectivity index (χ3n) is 4.98. The van der Waals surface area contributed by atoms with E-state index in [0.29, 0.717) is 5.02 Å². The van der Waals surface area contributed by atoms with E-state index in [1.165, 1.54) is 11.0 Å². The predicted molar refractivity (Wildman–Crippen MR) is 128 cm³/mol. The second kappa shape index (κ2) is 10.8. The number of anilines is 1. The lowest BCUT2D eigenvalue weighted by Gasteiger charge is -2.32. The summed E-state index contributed by atoms with van der Waals surface area (Å²) in [5.74, 6) is -0.805. The van der Waals surface area contributed by atoms with Crippen LogP contribution in [0.1, 0.15) is 31.9 Å². The number of carbonyl (C=O) groups excluding carboxylic acids is 2. The van der Waals surface area contributed by atoms with Crippen LogP contribution >= 0.6 is 11.6 Å². The Morgan fingerprint density at radius 3 is 2.28 bits per heavy atom. The molecule has 0 aromatic heterocycles. The maximum absolute atomic E-state index is 13.4. The van der Waals surface area contributed by atoms with Crippen LogP contribution in [0.4, 0.5) is 5.69 Å². The molecule has 0 unspecified atom stereocenters. The summed E-state index contributed by atoms with van der Waals surface area (Å²) in [6.07, 6.45) is 1.03. The summed E-state index contributed by atoms with van der Waals surface area (Å²) in [5, 5.41) is 3.17. The Morgan fingerprint density at radius 2 is 1.72 bits per heavy atom. The normalized spacial score (nSPS) is 12.3. The van der Waals surface area contributed by atoms with E-state index in [1.807, 2.05) is 45.0 Å². The van der Waals surface area contributed by atoms with Gasteiger partial charge in [-0.1, -0.05) is 41.9 Å². The molecule has 0 aliphatic carbocycles. The summed E-state index contributed by atoms with van der Waals surface area (Å²) in [7, 11) is -3.78. The molecule has 0 bridgehead atoms. The zero-order chi connectivity index (χ0) is 24.1. The van der Waals surface area contributed by atoms with Gasteiger partial charge in [0.1, 0.15) is 12.6 Å². The Balaban J connectivity index is 2.40. The summed E-state index contributed by atoms with van der Waals surface area (Å²) in [5.41, 5.74) is 2.12. The fraction of sp³-hybridized carbons (Fsp3) is 0.391. The zero-order valence-corrected chi connectivity index (χ0v) is 20.6. The van der Waals surface area contributed by atoms with E-state index < -0.39 is 28.5 Å². The molecule has 174 valence electrons. The van der Waals surface area contributed by atoms with Crippen molar-refractivity contribution in [1.82, 2.24) is 10.2 Å². The molecule has 2 aromatic carbocycles. The van der Waals surface area contributed by atoms with Gasteiger partial charge in [0.2, 0.25) is 21.8 Å². The minimum atomic E-state index is -3.78. The predicted octanol–water partition coefficient (Wildman–Crippen LogP) is 3.36. The van der Waals surface area contributed by atoms with Crippen LogP contribution in [-0.2, 0) is 26.2 Å². The minimum Gasteiger partial charge on any atom is -0.352 e. The average molecular weight is 480 g/mol. The molecule has 0 saturated heterocycles. The van der Waals surface area contributed by atoms with E-state index in [1.54, 1.807) is 25.1 Å². The molecule has 0 aliphatic rings. The number of halogens is 1. The van der Waals surface area contributed by atoms with Crippen LogP contribution in [0.25, 0.3) is 0 Å². The van der Waals surface area contributed by atoms with Gasteiger partial charge in [-0.05, 0) is 57.0 Å². The number of sulfonamides is 1. The average Bonchev–Trinajstić information content (AvgIpc) is 2.69. The highest BCUT2D eigenvalue weighted by molar-refractivity contribution is 7.92. The summed E-state index contributed by atoms with van der Waals surface area (Å²) < 4.78 is 26.0. The molecule has 1 N–H and O–H groups in total. The van der Waals surface area contributed by atoms with Gasteiger partial charge in [0.15, 0.2) is 0 Å². The van der Waals surface area contributed by atoms with Crippen molar-refractivity contribution in [1.29, 1.82) is 0 Å². The molecule has 0 fully saturated rings. The third kappa shape index (κ3) is 6.97. The third-order valence-corrected chi connectivity index (χ3v) is 6.35. The number of benzene rings is 2. The van der Waals surface area contributed by atoms with Gasteiger partial charge in [0.25, 0.3) is 0 Å². The number of hydrogen-bond donors (Lipinski definition) is 1. The van der Waals surface area contributed by atoms with Crippen molar-refractivity contribution < 1.29 is 18.0 Å². The Kier molecular flexibility index (Phi) is 8.69. The lowest BCUT2D eigenvalue weighted by Crippen LogP contribution is -2.52. The molecule has 7 nitrogen and oxygen atoms in total. The quantitative estimate of drug-likeness (QED) is 0.597. The first kappa shape index (κ1) is 25.7. The maximum Gasteiger partial charge on any atom is 0.244 e. The Bertz CT molecular complexity index is 1070. The van der Waals surface area contributed by atoms with Gasteiger partial charge in [-0.15, -0.1) is 0 Å². The van der Waals surface area contributed by atoms with Crippen molar-refractivity contribution in [3.63, 3.8) is 0 Å². The topological polar surface area (TPSA) is 86.8 Å². The number of nitrogens with one attached hydrogen (secondary N) is 1. The smallest absolute Gasteiger partial charge is 0.244 e. The second-order valence-corrected chi connectivity index (χ2v) is 10.4. The van der Waals surface area contributed by atoms with Crippen LogP contribution < -0.4 is 9.62 Å². The number of hydrogen-bond acceptors (Lipinski definition) is 4. The van der Waals surface area contributed by atoms with Crippen molar-refractivity contribution in [2.45, 2.75) is 46.3 Å². The molecule has 32 heavy (non-hydrogen) atoms. The number of aryl methyl sites for hydroxylation is 1. The lowest BCUT2D eigenvalue weighted by molar-refractivity contribution is -0.139. The first-order chi connectivity index (χ1) is 14.9. The van der Waals surface area contributed by atoms with Crippen molar-refractivity contribution in [3.05, 3.63) is 64.7 Å². The highest BCUT2D eigenvalue weighted by Gasteiger charge is 2.30. The van der Waals surface area contributed by atoms with Crippen LogP contribution in [0.5, 0.6) is 0 Å². The Morgan fingerprint density at radius 1 is 1.06 bits per heavy atom. The lowest BCUT2D eigenvalue weighted by atomic mass is 10.1. The van der Waals surface area contributed by atoms with Crippen molar-refractivity contribution >= 4 is 39.1 Å². The molecule has 0 heterocycles. The molecule has 0 aliphatic heterocycles. The van der Waals surface area contributed by atoms with E-state index in [2.05, 4.69) is 5.32 Å². The fourth-order valence-corrected chi connectivity index (χ4v) is 4.23. The molecular weight excluding hydrogens is 450 g/mol. The van der Waals surface area contributed by atoms with Crippen molar-refractivity contribution in [2.75, 3.05) is 17.1 Å². The van der Waals surface area contributed by atoms with Crippen LogP contribution in [0.3, 0.4) is 0 Å². The Labute approximate surface area is 195 Å². The van der Waals surface area contributed by atoms with Gasteiger partial charge in [-0.25, -0.2) is 8.42 Å².